The van der Waals surface area contributed by atoms with Crippen LogP contribution in [0.5, 0.6) is 0 Å². The van der Waals surface area contributed by atoms with Gasteiger partial charge in [0.15, 0.2) is 5.16 Å². The van der Waals surface area contributed by atoms with Crippen molar-refractivity contribution in [1.29, 1.82) is 0 Å². The molecule has 1 heterocycles. The van der Waals surface area contributed by atoms with Gasteiger partial charge in [-0.2, -0.15) is 0 Å². The molecular weight excluding hydrogens is 346 g/mol. The largest absolute Gasteiger partial charge is 0.353 e. The van der Waals surface area contributed by atoms with Crippen LogP contribution < -0.4 is 10.9 Å². The first-order valence-corrected chi connectivity index (χ1v) is 8.87. The van der Waals surface area contributed by atoms with Crippen LogP contribution in [0.25, 0.3) is 10.9 Å². The van der Waals surface area contributed by atoms with Crippen molar-refractivity contribution in [1.82, 2.24) is 14.9 Å². The summed E-state index contributed by atoms with van der Waals surface area (Å²) in [7, 11) is 0. The van der Waals surface area contributed by atoms with E-state index in [1.54, 1.807) is 31.2 Å². The fourth-order valence-electron chi connectivity index (χ4n) is 2.17. The molecule has 2 rings (SSSR count). The normalized spacial score (nSPS) is 12.4. The summed E-state index contributed by atoms with van der Waals surface area (Å²) in [5, 5.41) is 3.95. The van der Waals surface area contributed by atoms with E-state index in [4.69, 9.17) is 11.6 Å². The topological polar surface area (TPSA) is 64.0 Å². The van der Waals surface area contributed by atoms with Gasteiger partial charge in [-0.1, -0.05) is 29.4 Å². The van der Waals surface area contributed by atoms with E-state index in [-0.39, 0.29) is 22.8 Å². The molecule has 0 aliphatic heterocycles. The number of amides is 1. The fraction of sp³-hybridized carbons (Fsp3) is 0.353. The Bertz CT molecular complexity index is 832. The molecule has 0 fully saturated rings. The smallest absolute Gasteiger partial charge is 0.262 e. The van der Waals surface area contributed by atoms with Gasteiger partial charge in [-0.3, -0.25) is 14.2 Å². The molecule has 128 valence electrons. The predicted octanol–water partition coefficient (Wildman–Crippen LogP) is 3.24. The Morgan fingerprint density at radius 3 is 2.79 bits per heavy atom. The highest BCUT2D eigenvalue weighted by Gasteiger charge is 2.19. The van der Waals surface area contributed by atoms with Crippen LogP contribution in [-0.2, 0) is 11.3 Å². The number of carbonyl (C=O) groups is 1. The quantitative estimate of drug-likeness (QED) is 0.485. The van der Waals surface area contributed by atoms with Crippen LogP contribution in [0.1, 0.15) is 20.8 Å². The second kappa shape index (κ2) is 7.85. The van der Waals surface area contributed by atoms with Crippen LogP contribution in [0.15, 0.2) is 40.8 Å². The number of fused-ring (bicyclic) bond motifs is 1. The molecule has 1 N–H and O–H groups in total. The van der Waals surface area contributed by atoms with E-state index >= 15 is 0 Å². The summed E-state index contributed by atoms with van der Waals surface area (Å²) in [4.78, 5) is 29.4. The second-order valence-corrected chi connectivity index (χ2v) is 7.43. The molecule has 5 nitrogen and oxygen atoms in total. The average Bonchev–Trinajstić information content (AvgIpc) is 2.50. The molecule has 0 radical (unpaired) electrons. The average molecular weight is 366 g/mol. The zero-order chi connectivity index (χ0) is 17.9. The molecular formula is C17H20ClN3O2S. The maximum absolute atomic E-state index is 12.7. The third kappa shape index (κ3) is 4.19. The number of aromatic nitrogens is 2. The van der Waals surface area contributed by atoms with E-state index < -0.39 is 0 Å². The predicted molar refractivity (Wildman–Crippen MR) is 99.8 cm³/mol. The van der Waals surface area contributed by atoms with Crippen molar-refractivity contribution in [2.24, 2.45) is 0 Å². The zero-order valence-electron chi connectivity index (χ0n) is 13.9. The van der Waals surface area contributed by atoms with Crippen molar-refractivity contribution in [3.63, 3.8) is 0 Å². The van der Waals surface area contributed by atoms with Crippen LogP contribution in [0.3, 0.4) is 0 Å². The first-order valence-electron chi connectivity index (χ1n) is 7.61. The second-order valence-electron chi connectivity index (χ2n) is 5.68. The molecule has 0 spiro atoms. The highest BCUT2D eigenvalue weighted by molar-refractivity contribution is 8.00. The van der Waals surface area contributed by atoms with Crippen molar-refractivity contribution < 1.29 is 4.79 Å². The maximum atomic E-state index is 12.7. The molecule has 1 aromatic carbocycles. The van der Waals surface area contributed by atoms with Gasteiger partial charge in [-0.05, 0) is 39.0 Å². The molecule has 0 saturated carbocycles. The lowest BCUT2D eigenvalue weighted by atomic mass is 10.2. The van der Waals surface area contributed by atoms with Crippen LogP contribution in [0, 0.1) is 0 Å². The van der Waals surface area contributed by atoms with Gasteiger partial charge in [0, 0.05) is 17.6 Å². The molecule has 1 aromatic heterocycles. The van der Waals surface area contributed by atoms with E-state index in [1.807, 2.05) is 13.8 Å². The molecule has 2 aromatic rings. The number of hydrogen-bond acceptors (Lipinski definition) is 4. The summed E-state index contributed by atoms with van der Waals surface area (Å²) in [5.74, 6) is -0.0967. The Morgan fingerprint density at radius 2 is 2.17 bits per heavy atom. The molecule has 1 atom stereocenters. The zero-order valence-corrected chi connectivity index (χ0v) is 15.4. The van der Waals surface area contributed by atoms with Gasteiger partial charge < -0.3 is 5.32 Å². The Kier molecular flexibility index (Phi) is 6.07. The number of benzene rings is 1. The van der Waals surface area contributed by atoms with Gasteiger partial charge in [-0.25, -0.2) is 4.98 Å². The lowest BCUT2D eigenvalue weighted by molar-refractivity contribution is -0.120. The fourth-order valence-corrected chi connectivity index (χ4v) is 3.26. The monoisotopic (exact) mass is 365 g/mol. The number of nitrogens with one attached hydrogen (secondary N) is 1. The summed E-state index contributed by atoms with van der Waals surface area (Å²) in [6, 6.07) is 5.03. The highest BCUT2D eigenvalue weighted by Crippen LogP contribution is 2.24. The molecule has 7 heteroatoms. The summed E-state index contributed by atoms with van der Waals surface area (Å²) < 4.78 is 1.52. The van der Waals surface area contributed by atoms with E-state index in [0.29, 0.717) is 27.6 Å². The number of hydrogen-bond donors (Lipinski definition) is 1. The lowest BCUT2D eigenvalue weighted by Gasteiger charge is -2.16. The van der Waals surface area contributed by atoms with Crippen LogP contribution in [0.2, 0.25) is 5.02 Å². The molecule has 24 heavy (non-hydrogen) atoms. The molecule has 0 aliphatic carbocycles. The minimum Gasteiger partial charge on any atom is -0.353 e. The Labute approximate surface area is 150 Å². The highest BCUT2D eigenvalue weighted by atomic mass is 35.5. The summed E-state index contributed by atoms with van der Waals surface area (Å²) >= 11 is 7.25. The minimum atomic E-state index is -0.382. The third-order valence-electron chi connectivity index (χ3n) is 3.28. The van der Waals surface area contributed by atoms with Crippen molar-refractivity contribution in [3.05, 3.63) is 46.2 Å². The number of halogens is 1. The van der Waals surface area contributed by atoms with Gasteiger partial charge in [0.05, 0.1) is 16.2 Å². The molecule has 1 unspecified atom stereocenters. The van der Waals surface area contributed by atoms with E-state index in [1.165, 1.54) is 16.3 Å². The van der Waals surface area contributed by atoms with Gasteiger partial charge in [-0.15, -0.1) is 6.58 Å². The van der Waals surface area contributed by atoms with Gasteiger partial charge in [0.1, 0.15) is 0 Å². The Hall–Kier alpha value is -1.79. The number of thioether (sulfide) groups is 1. The number of rotatable bonds is 6. The number of allylic oxidation sites excluding steroid dienone is 1. The SMILES string of the molecule is C=CCn1c(SC(C)C(=O)NC(C)C)nc2cc(Cl)ccc2c1=O. The molecule has 0 aliphatic rings. The van der Waals surface area contributed by atoms with E-state index in [9.17, 15) is 9.59 Å². The standard InChI is InChI=1S/C17H20ClN3O2S/c1-5-8-21-16(23)13-7-6-12(18)9-14(13)20-17(21)24-11(4)15(22)19-10(2)3/h5-7,9-11H,1,8H2,2-4H3,(H,19,22). The van der Waals surface area contributed by atoms with Gasteiger partial charge in [0.25, 0.3) is 5.56 Å². The summed E-state index contributed by atoms with van der Waals surface area (Å²) in [5.41, 5.74) is 0.349. The van der Waals surface area contributed by atoms with Crippen molar-refractivity contribution in [2.75, 3.05) is 0 Å². The van der Waals surface area contributed by atoms with E-state index in [2.05, 4.69) is 16.9 Å². The Morgan fingerprint density at radius 1 is 1.46 bits per heavy atom. The van der Waals surface area contributed by atoms with Crippen molar-refractivity contribution >= 4 is 40.2 Å². The summed E-state index contributed by atoms with van der Waals surface area (Å²) in [6.07, 6.45) is 1.63. The number of carbonyl (C=O) groups excluding carboxylic acids is 1. The third-order valence-corrected chi connectivity index (χ3v) is 4.60. The molecule has 0 bridgehead atoms. The summed E-state index contributed by atoms with van der Waals surface area (Å²) in [6.45, 7) is 9.60. The lowest BCUT2D eigenvalue weighted by Crippen LogP contribution is -2.36. The maximum Gasteiger partial charge on any atom is 0.262 e. The van der Waals surface area contributed by atoms with E-state index in [0.717, 1.165) is 0 Å². The number of nitrogens with zero attached hydrogens (tertiary/aromatic N) is 2. The van der Waals surface area contributed by atoms with Crippen molar-refractivity contribution in [2.45, 2.75) is 43.8 Å². The van der Waals surface area contributed by atoms with Crippen molar-refractivity contribution in [3.8, 4) is 0 Å². The minimum absolute atomic E-state index is 0.0549. The first-order chi connectivity index (χ1) is 11.3. The van der Waals surface area contributed by atoms with Crippen LogP contribution >= 0.6 is 23.4 Å². The van der Waals surface area contributed by atoms with Crippen LogP contribution in [-0.4, -0.2) is 26.8 Å². The van der Waals surface area contributed by atoms with Gasteiger partial charge >= 0.3 is 0 Å². The van der Waals surface area contributed by atoms with Gasteiger partial charge in [0.2, 0.25) is 5.91 Å². The molecule has 1 amide bonds. The molecule has 0 saturated heterocycles. The Balaban J connectivity index is 2.47. The first kappa shape index (κ1) is 18.5. The van der Waals surface area contributed by atoms with Crippen LogP contribution in [0.4, 0.5) is 0 Å².